The van der Waals surface area contributed by atoms with Gasteiger partial charge in [-0.2, -0.15) is 5.26 Å². The quantitative estimate of drug-likeness (QED) is 0.620. The Labute approximate surface area is 213 Å². The van der Waals surface area contributed by atoms with E-state index in [4.69, 9.17) is 10.5 Å². The summed E-state index contributed by atoms with van der Waals surface area (Å²) in [6, 6.07) is 13.0. The largest absolute Gasteiger partial charge is 0.461 e. The number of nitrogens with two attached hydrogens (primary N) is 1. The fourth-order valence-corrected chi connectivity index (χ4v) is 6.23. The van der Waals surface area contributed by atoms with Gasteiger partial charge >= 0.3 is 5.97 Å². The van der Waals surface area contributed by atoms with Crippen LogP contribution < -0.4 is 5.73 Å². The van der Waals surface area contributed by atoms with Crippen molar-refractivity contribution in [3.05, 3.63) is 59.9 Å². The lowest BCUT2D eigenvalue weighted by Crippen LogP contribution is -2.71. The highest BCUT2D eigenvalue weighted by Gasteiger charge is 2.71. The van der Waals surface area contributed by atoms with Crippen molar-refractivity contribution in [1.82, 2.24) is 9.88 Å². The molecule has 1 saturated carbocycles. The second-order valence-corrected chi connectivity index (χ2v) is 10.4. The Hall–Kier alpha value is -3.64. The second kappa shape index (κ2) is 9.03. The Kier molecular flexibility index (Phi) is 6.11. The van der Waals surface area contributed by atoms with Crippen LogP contribution in [0, 0.1) is 35.0 Å². The van der Waals surface area contributed by atoms with E-state index in [0.29, 0.717) is 11.3 Å². The number of primary amides is 1. The normalized spacial score (nSPS) is 31.4. The predicted molar refractivity (Wildman–Crippen MR) is 132 cm³/mol. The average molecular weight is 507 g/mol. The molecule has 3 heterocycles. The summed E-state index contributed by atoms with van der Waals surface area (Å²) in [5, 5.41) is 9.36. The van der Waals surface area contributed by atoms with Gasteiger partial charge < -0.3 is 10.5 Å². The molecule has 5 atom stereocenters. The maximum absolute atomic E-state index is 15.4. The molecule has 0 radical (unpaired) electrons. The van der Waals surface area contributed by atoms with Gasteiger partial charge in [0.25, 0.3) is 5.92 Å². The SMILES string of the molecule is C[C@H]1OC(=O)[C@]2(N3CC(C(N)=O)C3)CC(F)(F)[C@@H](C)[C@H](C=Cc3ccc(-c4ccccc4C#N)cn3)[C@H]12. The third kappa shape index (κ3) is 4.00. The van der Waals surface area contributed by atoms with Crippen LogP contribution in [-0.4, -0.2) is 52.4 Å². The Morgan fingerprint density at radius 1 is 1.24 bits per heavy atom. The summed E-state index contributed by atoms with van der Waals surface area (Å²) < 4.78 is 36.5. The minimum atomic E-state index is -3.12. The number of hydrogen-bond donors (Lipinski definition) is 1. The number of allylic oxidation sites excluding steroid dienone is 1. The molecule has 0 spiro atoms. The zero-order valence-electron chi connectivity index (χ0n) is 20.6. The van der Waals surface area contributed by atoms with Crippen molar-refractivity contribution in [1.29, 1.82) is 5.26 Å². The first-order valence-corrected chi connectivity index (χ1v) is 12.4. The summed E-state index contributed by atoms with van der Waals surface area (Å²) in [6.45, 7) is 3.59. The summed E-state index contributed by atoms with van der Waals surface area (Å²) in [7, 11) is 0. The fraction of sp³-hybridized carbons (Fsp3) is 0.429. The number of halogens is 2. The summed E-state index contributed by atoms with van der Waals surface area (Å²) in [5.41, 5.74) is 6.54. The van der Waals surface area contributed by atoms with Crippen LogP contribution in [0.4, 0.5) is 8.78 Å². The van der Waals surface area contributed by atoms with Gasteiger partial charge in [-0.3, -0.25) is 19.5 Å². The zero-order chi connectivity index (χ0) is 26.5. The molecule has 1 aliphatic carbocycles. The van der Waals surface area contributed by atoms with Gasteiger partial charge in [0.1, 0.15) is 11.6 Å². The minimum absolute atomic E-state index is 0.168. The van der Waals surface area contributed by atoms with Crippen LogP contribution in [-0.2, 0) is 14.3 Å². The van der Waals surface area contributed by atoms with E-state index in [0.717, 1.165) is 11.1 Å². The van der Waals surface area contributed by atoms with Crippen molar-refractivity contribution < 1.29 is 23.1 Å². The first-order chi connectivity index (χ1) is 17.6. The van der Waals surface area contributed by atoms with E-state index >= 15 is 8.78 Å². The number of cyclic esters (lactones) is 1. The van der Waals surface area contributed by atoms with E-state index in [1.54, 1.807) is 48.4 Å². The molecule has 2 N–H and O–H groups in total. The average Bonchev–Trinajstić information content (AvgIpc) is 3.07. The highest BCUT2D eigenvalue weighted by Crippen LogP contribution is 2.58. The number of nitrogens with zero attached hydrogens (tertiary/aromatic N) is 3. The van der Waals surface area contributed by atoms with Gasteiger partial charge in [0.15, 0.2) is 0 Å². The van der Waals surface area contributed by atoms with Crippen molar-refractivity contribution >= 4 is 18.0 Å². The summed E-state index contributed by atoms with van der Waals surface area (Å²) in [4.78, 5) is 30.8. The Morgan fingerprint density at radius 2 is 1.97 bits per heavy atom. The molecule has 9 heteroatoms. The van der Waals surface area contributed by atoms with Crippen LogP contribution >= 0.6 is 0 Å². The van der Waals surface area contributed by atoms with E-state index in [9.17, 15) is 14.9 Å². The summed E-state index contributed by atoms with van der Waals surface area (Å²) >= 11 is 0. The lowest BCUT2D eigenvalue weighted by Gasteiger charge is -2.56. The monoisotopic (exact) mass is 506 g/mol. The van der Waals surface area contributed by atoms with E-state index in [-0.39, 0.29) is 13.1 Å². The fourth-order valence-electron chi connectivity index (χ4n) is 6.23. The molecule has 2 aliphatic heterocycles. The lowest BCUT2D eigenvalue weighted by molar-refractivity contribution is -0.191. The molecule has 37 heavy (non-hydrogen) atoms. The van der Waals surface area contributed by atoms with Crippen molar-refractivity contribution in [2.75, 3.05) is 13.1 Å². The molecule has 7 nitrogen and oxygen atoms in total. The Morgan fingerprint density at radius 3 is 2.62 bits per heavy atom. The van der Waals surface area contributed by atoms with Crippen LogP contribution in [0.3, 0.4) is 0 Å². The second-order valence-electron chi connectivity index (χ2n) is 10.4. The van der Waals surface area contributed by atoms with Gasteiger partial charge in [-0.25, -0.2) is 8.78 Å². The Balaban J connectivity index is 1.45. The van der Waals surface area contributed by atoms with Crippen LogP contribution in [0.25, 0.3) is 17.2 Å². The van der Waals surface area contributed by atoms with E-state index in [1.165, 1.54) is 6.92 Å². The van der Waals surface area contributed by atoms with Crippen molar-refractivity contribution in [3.8, 4) is 17.2 Å². The van der Waals surface area contributed by atoms with Crippen LogP contribution in [0.1, 0.15) is 31.5 Å². The number of rotatable bonds is 5. The summed E-state index contributed by atoms with van der Waals surface area (Å²) in [5.74, 6) is -6.95. The van der Waals surface area contributed by atoms with Gasteiger partial charge in [0.05, 0.1) is 23.2 Å². The third-order valence-corrected chi connectivity index (χ3v) is 8.35. The molecule has 2 saturated heterocycles. The van der Waals surface area contributed by atoms with E-state index in [1.807, 2.05) is 18.2 Å². The van der Waals surface area contributed by atoms with Crippen molar-refractivity contribution in [3.63, 3.8) is 0 Å². The molecular weight excluding hydrogens is 478 g/mol. The number of aromatic nitrogens is 1. The number of fused-ring (bicyclic) bond motifs is 1. The number of pyridine rings is 1. The predicted octanol–water partition coefficient (Wildman–Crippen LogP) is 3.64. The molecule has 2 aromatic rings. The van der Waals surface area contributed by atoms with Crippen LogP contribution in [0.5, 0.6) is 0 Å². The van der Waals surface area contributed by atoms with Crippen molar-refractivity contribution in [2.24, 2.45) is 29.4 Å². The van der Waals surface area contributed by atoms with Crippen LogP contribution in [0.15, 0.2) is 48.7 Å². The molecule has 3 aliphatic rings. The maximum Gasteiger partial charge on any atom is 0.327 e. The molecule has 1 aromatic carbocycles. The first-order valence-electron chi connectivity index (χ1n) is 12.4. The number of carbonyl (C=O) groups excluding carboxylic acids is 2. The van der Waals surface area contributed by atoms with E-state index in [2.05, 4.69) is 11.1 Å². The smallest absolute Gasteiger partial charge is 0.327 e. The molecular formula is C28H28F2N4O3. The number of benzene rings is 1. The molecule has 3 fully saturated rings. The molecule has 1 amide bonds. The molecule has 5 rings (SSSR count). The van der Waals surface area contributed by atoms with Crippen LogP contribution in [0.2, 0.25) is 0 Å². The third-order valence-electron chi connectivity index (χ3n) is 8.35. The molecule has 192 valence electrons. The summed E-state index contributed by atoms with van der Waals surface area (Å²) in [6.07, 6.45) is 3.85. The van der Waals surface area contributed by atoms with Gasteiger partial charge in [0, 0.05) is 48.7 Å². The number of esters is 1. The highest BCUT2D eigenvalue weighted by molar-refractivity contribution is 5.86. The maximum atomic E-state index is 15.4. The number of likely N-dealkylation sites (tertiary alicyclic amines) is 1. The van der Waals surface area contributed by atoms with Gasteiger partial charge in [-0.15, -0.1) is 0 Å². The number of amides is 1. The molecule has 1 aromatic heterocycles. The zero-order valence-corrected chi connectivity index (χ0v) is 20.6. The number of nitriles is 1. The van der Waals surface area contributed by atoms with E-state index < -0.39 is 59.5 Å². The number of carbonyl (C=O) groups is 2. The first kappa shape index (κ1) is 25.0. The molecule has 0 unspecified atom stereocenters. The van der Waals surface area contributed by atoms with Gasteiger partial charge in [-0.1, -0.05) is 37.3 Å². The Bertz CT molecular complexity index is 1300. The topological polar surface area (TPSA) is 109 Å². The van der Waals surface area contributed by atoms with Crippen molar-refractivity contribution in [2.45, 2.75) is 37.8 Å². The number of alkyl halides is 2. The van der Waals surface area contributed by atoms with Gasteiger partial charge in [0.2, 0.25) is 5.91 Å². The number of ether oxygens (including phenoxy) is 1. The van der Waals surface area contributed by atoms with Gasteiger partial charge in [-0.05, 0) is 31.1 Å². The molecule has 0 bridgehead atoms. The minimum Gasteiger partial charge on any atom is -0.461 e. The number of hydrogen-bond acceptors (Lipinski definition) is 6. The highest BCUT2D eigenvalue weighted by atomic mass is 19.3. The lowest BCUT2D eigenvalue weighted by atomic mass is 9.59. The standard InChI is InChI=1S/C28H28F2N4O3/c1-16-22(10-9-21-8-7-19(12-33-21)23-6-4-3-5-18(23)11-31)24-17(2)37-26(36)27(24,15-28(16,29)30)34-13-20(14-34)25(32)35/h3-10,12,16-17,20,22,24H,13-15H2,1-2H3,(H2,32,35)/t16-,17+,22-,24-,27-/m0/s1.